The average Bonchev–Trinajstić information content (AvgIpc) is 2.61. The van der Waals surface area contributed by atoms with E-state index < -0.39 is 0 Å². The fraction of sp³-hybridized carbons (Fsp3) is 0.579. The van der Waals surface area contributed by atoms with Crippen LogP contribution in [-0.4, -0.2) is 46.1 Å². The number of nitrogens with zero attached hydrogens (tertiary/aromatic N) is 6. The maximum absolute atomic E-state index is 4.66. The van der Waals surface area contributed by atoms with Crippen LogP contribution in [0.4, 0.5) is 11.8 Å². The lowest BCUT2D eigenvalue weighted by molar-refractivity contribution is 0.561. The SMILES string of the molecule is CCc1cnc(N2CCN(c3cc(C(C)(C)C)nc(C)n3)CC2)nc1. The molecule has 3 rings (SSSR count). The van der Waals surface area contributed by atoms with E-state index in [1.807, 2.05) is 19.3 Å². The Kier molecular flexibility index (Phi) is 4.88. The number of hydrogen-bond donors (Lipinski definition) is 0. The van der Waals surface area contributed by atoms with Crippen LogP contribution in [0.3, 0.4) is 0 Å². The molecule has 0 aliphatic carbocycles. The second-order valence-corrected chi connectivity index (χ2v) is 7.63. The Bertz CT molecular complexity index is 712. The first-order valence-electron chi connectivity index (χ1n) is 9.04. The van der Waals surface area contributed by atoms with Crippen LogP contribution in [0, 0.1) is 6.92 Å². The van der Waals surface area contributed by atoms with Crippen molar-refractivity contribution in [2.45, 2.75) is 46.5 Å². The molecule has 6 heteroatoms. The third kappa shape index (κ3) is 4.06. The molecule has 6 nitrogen and oxygen atoms in total. The zero-order valence-electron chi connectivity index (χ0n) is 16.0. The molecule has 0 aromatic carbocycles. The van der Waals surface area contributed by atoms with E-state index in [2.05, 4.69) is 63.5 Å². The highest BCUT2D eigenvalue weighted by atomic mass is 15.3. The van der Waals surface area contributed by atoms with Crippen LogP contribution in [-0.2, 0) is 11.8 Å². The van der Waals surface area contributed by atoms with Gasteiger partial charge in [0.2, 0.25) is 5.95 Å². The molecule has 1 fully saturated rings. The minimum Gasteiger partial charge on any atom is -0.353 e. The minimum absolute atomic E-state index is 0.0269. The van der Waals surface area contributed by atoms with E-state index >= 15 is 0 Å². The first-order chi connectivity index (χ1) is 11.9. The van der Waals surface area contributed by atoms with Crippen LogP contribution in [0.5, 0.6) is 0 Å². The molecule has 0 radical (unpaired) electrons. The lowest BCUT2D eigenvalue weighted by Crippen LogP contribution is -2.47. The van der Waals surface area contributed by atoms with Gasteiger partial charge >= 0.3 is 0 Å². The van der Waals surface area contributed by atoms with Gasteiger partial charge in [0.15, 0.2) is 0 Å². The molecule has 3 heterocycles. The van der Waals surface area contributed by atoms with E-state index in [1.54, 1.807) is 0 Å². The number of aryl methyl sites for hydroxylation is 2. The Balaban J connectivity index is 1.70. The van der Waals surface area contributed by atoms with Gasteiger partial charge < -0.3 is 9.80 Å². The molecule has 0 amide bonds. The van der Waals surface area contributed by atoms with Crippen LogP contribution in [0.15, 0.2) is 18.5 Å². The number of aromatic nitrogens is 4. The van der Waals surface area contributed by atoms with Gasteiger partial charge in [-0.15, -0.1) is 0 Å². The van der Waals surface area contributed by atoms with Gasteiger partial charge in [0.05, 0.1) is 5.69 Å². The van der Waals surface area contributed by atoms with Crippen molar-refractivity contribution < 1.29 is 0 Å². The van der Waals surface area contributed by atoms with E-state index in [1.165, 1.54) is 5.56 Å². The number of rotatable bonds is 3. The molecule has 2 aromatic heterocycles. The predicted molar refractivity (Wildman–Crippen MR) is 101 cm³/mol. The Morgan fingerprint density at radius 3 is 2.12 bits per heavy atom. The molecule has 0 unspecified atom stereocenters. The standard InChI is InChI=1S/C19H28N6/c1-6-15-12-20-18(21-13-15)25-9-7-24(8-10-25)17-11-16(19(3,4)5)22-14(2)23-17/h11-13H,6-10H2,1-5H3. The second-order valence-electron chi connectivity index (χ2n) is 7.63. The van der Waals surface area contributed by atoms with Crippen molar-refractivity contribution in [2.75, 3.05) is 36.0 Å². The molecule has 134 valence electrons. The third-order valence-corrected chi connectivity index (χ3v) is 4.58. The molecule has 2 aromatic rings. The molecule has 1 aliphatic rings. The van der Waals surface area contributed by atoms with Gasteiger partial charge in [0, 0.05) is 50.1 Å². The number of piperazine rings is 1. The number of hydrogen-bond acceptors (Lipinski definition) is 6. The van der Waals surface area contributed by atoms with Gasteiger partial charge in [-0.3, -0.25) is 0 Å². The quantitative estimate of drug-likeness (QED) is 0.856. The monoisotopic (exact) mass is 340 g/mol. The van der Waals surface area contributed by atoms with Crippen molar-refractivity contribution in [3.8, 4) is 0 Å². The van der Waals surface area contributed by atoms with Crippen LogP contribution in [0.25, 0.3) is 0 Å². The van der Waals surface area contributed by atoms with Crippen molar-refractivity contribution in [1.82, 2.24) is 19.9 Å². The summed E-state index contributed by atoms with van der Waals surface area (Å²) in [5.74, 6) is 2.69. The highest BCUT2D eigenvalue weighted by Gasteiger charge is 2.23. The molecular weight excluding hydrogens is 312 g/mol. The van der Waals surface area contributed by atoms with E-state index in [0.29, 0.717) is 0 Å². The van der Waals surface area contributed by atoms with Gasteiger partial charge in [-0.25, -0.2) is 19.9 Å². The van der Waals surface area contributed by atoms with Crippen LogP contribution < -0.4 is 9.80 Å². The normalized spacial score (nSPS) is 15.6. The highest BCUT2D eigenvalue weighted by Crippen LogP contribution is 2.24. The van der Waals surface area contributed by atoms with Crippen molar-refractivity contribution in [3.05, 3.63) is 35.5 Å². The van der Waals surface area contributed by atoms with Crippen molar-refractivity contribution >= 4 is 11.8 Å². The summed E-state index contributed by atoms with van der Waals surface area (Å²) in [6, 6.07) is 2.13. The van der Waals surface area contributed by atoms with E-state index in [0.717, 1.165) is 55.9 Å². The zero-order valence-corrected chi connectivity index (χ0v) is 16.0. The maximum atomic E-state index is 4.66. The second kappa shape index (κ2) is 6.94. The smallest absolute Gasteiger partial charge is 0.225 e. The summed E-state index contributed by atoms with van der Waals surface area (Å²) in [5, 5.41) is 0. The van der Waals surface area contributed by atoms with E-state index in [-0.39, 0.29) is 5.41 Å². The molecular formula is C19H28N6. The van der Waals surface area contributed by atoms with E-state index in [9.17, 15) is 0 Å². The van der Waals surface area contributed by atoms with Gasteiger partial charge in [-0.05, 0) is 18.9 Å². The van der Waals surface area contributed by atoms with Crippen molar-refractivity contribution in [1.29, 1.82) is 0 Å². The minimum atomic E-state index is 0.0269. The zero-order chi connectivity index (χ0) is 18.0. The van der Waals surface area contributed by atoms with Crippen LogP contribution >= 0.6 is 0 Å². The Hall–Kier alpha value is -2.24. The highest BCUT2D eigenvalue weighted by molar-refractivity contribution is 5.44. The summed E-state index contributed by atoms with van der Waals surface area (Å²) in [4.78, 5) is 22.9. The van der Waals surface area contributed by atoms with E-state index in [4.69, 9.17) is 0 Å². The van der Waals surface area contributed by atoms with Gasteiger partial charge in [0.1, 0.15) is 11.6 Å². The van der Waals surface area contributed by atoms with Crippen LogP contribution in [0.1, 0.15) is 44.8 Å². The molecule has 25 heavy (non-hydrogen) atoms. The molecule has 0 spiro atoms. The predicted octanol–water partition coefficient (Wildman–Crippen LogP) is 2.76. The van der Waals surface area contributed by atoms with Crippen molar-refractivity contribution in [2.24, 2.45) is 0 Å². The Morgan fingerprint density at radius 1 is 0.960 bits per heavy atom. The molecule has 1 aliphatic heterocycles. The van der Waals surface area contributed by atoms with Gasteiger partial charge in [-0.1, -0.05) is 27.7 Å². The summed E-state index contributed by atoms with van der Waals surface area (Å²) in [6.07, 6.45) is 4.83. The maximum Gasteiger partial charge on any atom is 0.225 e. The fourth-order valence-corrected chi connectivity index (χ4v) is 2.93. The molecule has 0 saturated carbocycles. The lowest BCUT2D eigenvalue weighted by atomic mass is 9.92. The first-order valence-corrected chi connectivity index (χ1v) is 9.04. The molecule has 1 saturated heterocycles. The summed E-state index contributed by atoms with van der Waals surface area (Å²) in [6.45, 7) is 14.3. The number of anilines is 2. The largest absolute Gasteiger partial charge is 0.353 e. The van der Waals surface area contributed by atoms with Crippen molar-refractivity contribution in [3.63, 3.8) is 0 Å². The topological polar surface area (TPSA) is 58.0 Å². The molecule has 0 N–H and O–H groups in total. The summed E-state index contributed by atoms with van der Waals surface area (Å²) in [5.41, 5.74) is 2.29. The summed E-state index contributed by atoms with van der Waals surface area (Å²) >= 11 is 0. The van der Waals surface area contributed by atoms with Gasteiger partial charge in [0.25, 0.3) is 0 Å². The molecule has 0 atom stereocenters. The summed E-state index contributed by atoms with van der Waals surface area (Å²) < 4.78 is 0. The first kappa shape index (κ1) is 17.6. The summed E-state index contributed by atoms with van der Waals surface area (Å²) in [7, 11) is 0. The molecule has 0 bridgehead atoms. The van der Waals surface area contributed by atoms with Gasteiger partial charge in [-0.2, -0.15) is 0 Å². The Labute approximate surface area is 150 Å². The third-order valence-electron chi connectivity index (χ3n) is 4.58. The lowest BCUT2D eigenvalue weighted by Gasteiger charge is -2.35. The average molecular weight is 340 g/mol. The Morgan fingerprint density at radius 2 is 1.56 bits per heavy atom. The van der Waals surface area contributed by atoms with Crippen LogP contribution in [0.2, 0.25) is 0 Å². The fourth-order valence-electron chi connectivity index (χ4n) is 2.93.